The van der Waals surface area contributed by atoms with Gasteiger partial charge in [0, 0.05) is 23.5 Å². The molecule has 0 aliphatic heterocycles. The molecule has 0 radical (unpaired) electrons. The first-order valence-corrected chi connectivity index (χ1v) is 8.29. The average molecular weight is 392 g/mol. The molecule has 5 nitrogen and oxygen atoms in total. The maximum atomic E-state index is 11.8. The lowest BCUT2D eigenvalue weighted by Gasteiger charge is -2.07. The van der Waals surface area contributed by atoms with E-state index < -0.39 is 0 Å². The second-order valence-corrected chi connectivity index (χ2v) is 6.00. The SMILES string of the molecule is CC(=O)Nc1ccc(OC(=O)CCCOc2cccc(Br)c2)cc1. The zero-order valence-corrected chi connectivity index (χ0v) is 14.8. The molecule has 0 spiro atoms. The summed E-state index contributed by atoms with van der Waals surface area (Å²) in [6, 6.07) is 14.2. The third kappa shape index (κ3) is 6.42. The van der Waals surface area contributed by atoms with Gasteiger partial charge in [-0.25, -0.2) is 0 Å². The molecule has 1 N–H and O–H groups in total. The van der Waals surface area contributed by atoms with E-state index in [0.717, 1.165) is 10.2 Å². The highest BCUT2D eigenvalue weighted by molar-refractivity contribution is 9.10. The first-order valence-electron chi connectivity index (χ1n) is 7.49. The molecule has 0 aliphatic rings. The van der Waals surface area contributed by atoms with E-state index in [1.807, 2.05) is 24.3 Å². The van der Waals surface area contributed by atoms with Crippen LogP contribution in [-0.4, -0.2) is 18.5 Å². The monoisotopic (exact) mass is 391 g/mol. The number of anilines is 1. The molecule has 0 saturated carbocycles. The predicted octanol–water partition coefficient (Wildman–Crippen LogP) is 4.17. The molecule has 0 atom stereocenters. The van der Waals surface area contributed by atoms with Gasteiger partial charge in [0.05, 0.1) is 6.61 Å². The second-order valence-electron chi connectivity index (χ2n) is 5.09. The van der Waals surface area contributed by atoms with E-state index in [0.29, 0.717) is 24.5 Å². The van der Waals surface area contributed by atoms with Crippen LogP contribution in [0.3, 0.4) is 0 Å². The molecule has 2 aromatic rings. The molecule has 1 amide bonds. The van der Waals surface area contributed by atoms with Gasteiger partial charge in [-0.15, -0.1) is 0 Å². The summed E-state index contributed by atoms with van der Waals surface area (Å²) in [7, 11) is 0. The van der Waals surface area contributed by atoms with Gasteiger partial charge in [0.2, 0.25) is 5.91 Å². The summed E-state index contributed by atoms with van der Waals surface area (Å²) < 4.78 is 11.7. The number of carbonyl (C=O) groups excluding carboxylic acids is 2. The van der Waals surface area contributed by atoms with Gasteiger partial charge in [-0.3, -0.25) is 9.59 Å². The van der Waals surface area contributed by atoms with Crippen molar-refractivity contribution in [3.05, 3.63) is 53.0 Å². The number of benzene rings is 2. The quantitative estimate of drug-likeness (QED) is 0.436. The summed E-state index contributed by atoms with van der Waals surface area (Å²) in [5.74, 6) is 0.735. The number of hydrogen-bond donors (Lipinski definition) is 1. The van der Waals surface area contributed by atoms with Crippen molar-refractivity contribution in [3.63, 3.8) is 0 Å². The van der Waals surface area contributed by atoms with E-state index in [1.165, 1.54) is 6.92 Å². The minimum absolute atomic E-state index is 0.148. The first-order chi connectivity index (χ1) is 11.5. The number of amides is 1. The van der Waals surface area contributed by atoms with Gasteiger partial charge in [-0.05, 0) is 48.9 Å². The zero-order valence-electron chi connectivity index (χ0n) is 13.3. The molecule has 2 aromatic carbocycles. The van der Waals surface area contributed by atoms with Crippen LogP contribution in [0.1, 0.15) is 19.8 Å². The number of rotatable bonds is 7. The smallest absolute Gasteiger partial charge is 0.311 e. The van der Waals surface area contributed by atoms with Crippen LogP contribution < -0.4 is 14.8 Å². The van der Waals surface area contributed by atoms with E-state index in [-0.39, 0.29) is 18.3 Å². The summed E-state index contributed by atoms with van der Waals surface area (Å²) in [5.41, 5.74) is 0.657. The fourth-order valence-electron chi connectivity index (χ4n) is 1.96. The molecular weight excluding hydrogens is 374 g/mol. The minimum Gasteiger partial charge on any atom is -0.494 e. The Bertz CT molecular complexity index is 700. The van der Waals surface area contributed by atoms with E-state index >= 15 is 0 Å². The molecular formula is C18H18BrNO4. The van der Waals surface area contributed by atoms with Crippen molar-refractivity contribution in [2.45, 2.75) is 19.8 Å². The minimum atomic E-state index is -0.319. The van der Waals surface area contributed by atoms with Crippen LogP contribution in [0.4, 0.5) is 5.69 Å². The fourth-order valence-corrected chi connectivity index (χ4v) is 2.33. The normalized spacial score (nSPS) is 10.1. The molecule has 6 heteroatoms. The molecule has 24 heavy (non-hydrogen) atoms. The Balaban J connectivity index is 1.70. The van der Waals surface area contributed by atoms with Crippen molar-refractivity contribution in [2.24, 2.45) is 0 Å². The lowest BCUT2D eigenvalue weighted by atomic mass is 10.3. The van der Waals surface area contributed by atoms with Crippen molar-refractivity contribution >= 4 is 33.5 Å². The molecule has 0 unspecified atom stereocenters. The Morgan fingerprint density at radius 2 is 1.83 bits per heavy atom. The van der Waals surface area contributed by atoms with Crippen molar-refractivity contribution in [2.75, 3.05) is 11.9 Å². The van der Waals surface area contributed by atoms with Gasteiger partial charge < -0.3 is 14.8 Å². The van der Waals surface area contributed by atoms with Crippen LogP contribution in [0.25, 0.3) is 0 Å². The summed E-state index contributed by atoms with van der Waals surface area (Å²) in [5, 5.41) is 2.65. The first kappa shape index (κ1) is 18.0. The second kappa shape index (κ2) is 9.08. The van der Waals surface area contributed by atoms with Crippen LogP contribution in [0.2, 0.25) is 0 Å². The van der Waals surface area contributed by atoms with E-state index in [9.17, 15) is 9.59 Å². The Hall–Kier alpha value is -2.34. The fraction of sp³-hybridized carbons (Fsp3) is 0.222. The number of ether oxygens (including phenoxy) is 2. The Labute approximate surface area is 149 Å². The standard InChI is InChI=1S/C18H18BrNO4/c1-13(21)20-15-7-9-16(10-8-15)24-18(22)6-3-11-23-17-5-2-4-14(19)12-17/h2,4-5,7-10,12H,3,6,11H2,1H3,(H,20,21). The predicted molar refractivity (Wildman–Crippen MR) is 95.3 cm³/mol. The van der Waals surface area contributed by atoms with E-state index in [2.05, 4.69) is 21.2 Å². The van der Waals surface area contributed by atoms with Gasteiger partial charge >= 0.3 is 5.97 Å². The molecule has 0 heterocycles. The van der Waals surface area contributed by atoms with Crippen molar-refractivity contribution in [3.8, 4) is 11.5 Å². The topological polar surface area (TPSA) is 64.6 Å². The summed E-state index contributed by atoms with van der Waals surface area (Å²) >= 11 is 3.37. The lowest BCUT2D eigenvalue weighted by Crippen LogP contribution is -2.10. The number of halogens is 1. The zero-order chi connectivity index (χ0) is 17.4. The number of carbonyl (C=O) groups is 2. The average Bonchev–Trinajstić information content (AvgIpc) is 2.53. The van der Waals surface area contributed by atoms with Crippen molar-refractivity contribution in [1.29, 1.82) is 0 Å². The van der Waals surface area contributed by atoms with Crippen molar-refractivity contribution in [1.82, 2.24) is 0 Å². The van der Waals surface area contributed by atoms with Gasteiger partial charge in [-0.1, -0.05) is 22.0 Å². The Kier molecular flexibility index (Phi) is 6.81. The molecule has 0 bridgehead atoms. The third-order valence-electron chi connectivity index (χ3n) is 3.00. The largest absolute Gasteiger partial charge is 0.494 e. The molecule has 0 aromatic heterocycles. The highest BCUT2D eigenvalue weighted by Gasteiger charge is 2.06. The van der Waals surface area contributed by atoms with Gasteiger partial charge in [0.15, 0.2) is 0 Å². The van der Waals surface area contributed by atoms with Gasteiger partial charge in [0.25, 0.3) is 0 Å². The van der Waals surface area contributed by atoms with Crippen molar-refractivity contribution < 1.29 is 19.1 Å². The van der Waals surface area contributed by atoms with Crippen LogP contribution in [-0.2, 0) is 9.59 Å². The Morgan fingerprint density at radius 1 is 1.08 bits per heavy atom. The highest BCUT2D eigenvalue weighted by atomic mass is 79.9. The Morgan fingerprint density at radius 3 is 2.50 bits per heavy atom. The van der Waals surface area contributed by atoms with Crippen LogP contribution in [0.5, 0.6) is 11.5 Å². The molecule has 126 valence electrons. The highest BCUT2D eigenvalue weighted by Crippen LogP contribution is 2.18. The summed E-state index contributed by atoms with van der Waals surface area (Å²) in [6.45, 7) is 1.87. The number of nitrogens with one attached hydrogen (secondary N) is 1. The molecule has 2 rings (SSSR count). The summed E-state index contributed by atoms with van der Waals surface area (Å²) in [4.78, 5) is 22.7. The molecule has 0 saturated heterocycles. The maximum absolute atomic E-state index is 11.8. The lowest BCUT2D eigenvalue weighted by molar-refractivity contribution is -0.134. The van der Waals surface area contributed by atoms with E-state index in [4.69, 9.17) is 9.47 Å². The van der Waals surface area contributed by atoms with Crippen LogP contribution in [0, 0.1) is 0 Å². The van der Waals surface area contributed by atoms with Gasteiger partial charge in [-0.2, -0.15) is 0 Å². The molecule has 0 aliphatic carbocycles. The third-order valence-corrected chi connectivity index (χ3v) is 3.49. The number of hydrogen-bond acceptors (Lipinski definition) is 4. The number of esters is 1. The summed E-state index contributed by atoms with van der Waals surface area (Å²) in [6.07, 6.45) is 0.830. The van der Waals surface area contributed by atoms with E-state index in [1.54, 1.807) is 24.3 Å². The van der Waals surface area contributed by atoms with Crippen LogP contribution in [0.15, 0.2) is 53.0 Å². The van der Waals surface area contributed by atoms with Gasteiger partial charge in [0.1, 0.15) is 11.5 Å². The van der Waals surface area contributed by atoms with Crippen LogP contribution >= 0.6 is 15.9 Å². The molecule has 0 fully saturated rings. The maximum Gasteiger partial charge on any atom is 0.311 e.